The van der Waals surface area contributed by atoms with E-state index in [-0.39, 0.29) is 5.92 Å². The van der Waals surface area contributed by atoms with E-state index in [2.05, 4.69) is 4.98 Å². The molecular weight excluding hydrogens is 300 g/mol. The molecule has 2 aromatic rings. The van der Waals surface area contributed by atoms with Gasteiger partial charge in [-0.05, 0) is 43.5 Å². The van der Waals surface area contributed by atoms with Crippen molar-refractivity contribution in [2.75, 3.05) is 26.3 Å². The third kappa shape index (κ3) is 2.86. The number of benzene rings is 1. The summed E-state index contributed by atoms with van der Waals surface area (Å²) in [6, 6.07) is 8.81. The Morgan fingerprint density at radius 2 is 2.18 bits per heavy atom. The zero-order valence-electron chi connectivity index (χ0n) is 12.6. The number of nitrogens with zero attached hydrogens (tertiary/aromatic N) is 2. The van der Waals surface area contributed by atoms with Crippen molar-refractivity contribution in [3.05, 3.63) is 36.5 Å². The largest absolute Gasteiger partial charge is 0.381 e. The van der Waals surface area contributed by atoms with Gasteiger partial charge in [0.15, 0.2) is 0 Å². The monoisotopic (exact) mass is 320 g/mol. The van der Waals surface area contributed by atoms with Gasteiger partial charge in [-0.1, -0.05) is 6.07 Å². The molecule has 1 atom stereocenters. The van der Waals surface area contributed by atoms with Gasteiger partial charge in [0.2, 0.25) is 10.0 Å². The maximum Gasteiger partial charge on any atom is 0.243 e. The van der Waals surface area contributed by atoms with Gasteiger partial charge in [0.25, 0.3) is 0 Å². The van der Waals surface area contributed by atoms with E-state index in [1.165, 1.54) is 0 Å². The van der Waals surface area contributed by atoms with E-state index in [0.717, 1.165) is 6.42 Å². The SMILES string of the molecule is CCOC[C@H]1CCN(S(=O)(=O)c2cccc3ncccc23)C1. The first kappa shape index (κ1) is 15.4. The molecule has 2 heterocycles. The van der Waals surface area contributed by atoms with Crippen LogP contribution in [0, 0.1) is 5.92 Å². The number of ether oxygens (including phenoxy) is 1. The number of rotatable bonds is 5. The van der Waals surface area contributed by atoms with E-state index in [1.54, 1.807) is 28.7 Å². The summed E-state index contributed by atoms with van der Waals surface area (Å²) >= 11 is 0. The van der Waals surface area contributed by atoms with Crippen molar-refractivity contribution in [3.8, 4) is 0 Å². The number of fused-ring (bicyclic) bond motifs is 1. The molecule has 118 valence electrons. The Morgan fingerprint density at radius 3 is 3.00 bits per heavy atom. The molecular formula is C16H20N2O3S. The van der Waals surface area contributed by atoms with Crippen molar-refractivity contribution in [3.63, 3.8) is 0 Å². The Labute approximate surface area is 131 Å². The van der Waals surface area contributed by atoms with Gasteiger partial charge >= 0.3 is 0 Å². The van der Waals surface area contributed by atoms with Crippen molar-refractivity contribution in [1.82, 2.24) is 9.29 Å². The highest BCUT2D eigenvalue weighted by Crippen LogP contribution is 2.28. The number of sulfonamides is 1. The van der Waals surface area contributed by atoms with Crippen molar-refractivity contribution < 1.29 is 13.2 Å². The van der Waals surface area contributed by atoms with Gasteiger partial charge in [0, 0.05) is 31.3 Å². The van der Waals surface area contributed by atoms with Gasteiger partial charge in [-0.25, -0.2) is 8.42 Å². The molecule has 0 radical (unpaired) electrons. The number of aromatic nitrogens is 1. The van der Waals surface area contributed by atoms with Gasteiger partial charge in [-0.2, -0.15) is 4.31 Å². The Hall–Kier alpha value is -1.50. The van der Waals surface area contributed by atoms with Crippen LogP contribution in [0.2, 0.25) is 0 Å². The summed E-state index contributed by atoms with van der Waals surface area (Å²) in [5.41, 5.74) is 0.702. The van der Waals surface area contributed by atoms with E-state index in [0.29, 0.717) is 42.1 Å². The summed E-state index contributed by atoms with van der Waals surface area (Å²) in [6.07, 6.45) is 2.52. The molecule has 0 amide bonds. The molecule has 5 nitrogen and oxygen atoms in total. The molecule has 1 aromatic carbocycles. The summed E-state index contributed by atoms with van der Waals surface area (Å²) in [7, 11) is -3.49. The second-order valence-electron chi connectivity index (χ2n) is 5.50. The summed E-state index contributed by atoms with van der Waals surface area (Å²) in [4.78, 5) is 4.58. The van der Waals surface area contributed by atoms with Crippen molar-refractivity contribution in [1.29, 1.82) is 0 Å². The Morgan fingerprint density at radius 1 is 1.32 bits per heavy atom. The maximum atomic E-state index is 12.9. The van der Waals surface area contributed by atoms with Gasteiger partial charge in [0.1, 0.15) is 0 Å². The second kappa shape index (κ2) is 6.32. The van der Waals surface area contributed by atoms with Crippen LogP contribution >= 0.6 is 0 Å². The first-order valence-electron chi connectivity index (χ1n) is 7.54. The third-order valence-electron chi connectivity index (χ3n) is 4.03. The fourth-order valence-corrected chi connectivity index (χ4v) is 4.61. The van der Waals surface area contributed by atoms with Gasteiger partial charge < -0.3 is 4.74 Å². The molecule has 1 saturated heterocycles. The smallest absolute Gasteiger partial charge is 0.243 e. The van der Waals surface area contributed by atoms with E-state index in [1.807, 2.05) is 19.1 Å². The van der Waals surface area contributed by atoms with Crippen LogP contribution in [0.4, 0.5) is 0 Å². The Bertz CT molecular complexity index is 756. The van der Waals surface area contributed by atoms with E-state index in [9.17, 15) is 8.42 Å². The summed E-state index contributed by atoms with van der Waals surface area (Å²) in [6.45, 7) is 4.32. The van der Waals surface area contributed by atoms with E-state index in [4.69, 9.17) is 4.74 Å². The molecule has 0 unspecified atom stereocenters. The van der Waals surface area contributed by atoms with Crippen LogP contribution in [0.25, 0.3) is 10.9 Å². The topological polar surface area (TPSA) is 59.5 Å². The molecule has 3 rings (SSSR count). The molecule has 1 fully saturated rings. The molecule has 1 aromatic heterocycles. The molecule has 0 N–H and O–H groups in total. The fraction of sp³-hybridized carbons (Fsp3) is 0.438. The molecule has 0 bridgehead atoms. The molecule has 22 heavy (non-hydrogen) atoms. The van der Waals surface area contributed by atoms with Crippen LogP contribution < -0.4 is 0 Å². The van der Waals surface area contributed by atoms with Gasteiger partial charge in [0.05, 0.1) is 17.0 Å². The molecule has 0 aliphatic carbocycles. The minimum Gasteiger partial charge on any atom is -0.381 e. The minimum atomic E-state index is -3.49. The summed E-state index contributed by atoms with van der Waals surface area (Å²) < 4.78 is 32.8. The molecule has 0 saturated carbocycles. The fourth-order valence-electron chi connectivity index (χ4n) is 2.88. The number of pyridine rings is 1. The first-order valence-corrected chi connectivity index (χ1v) is 8.98. The zero-order chi connectivity index (χ0) is 15.6. The lowest BCUT2D eigenvalue weighted by Crippen LogP contribution is -2.29. The highest BCUT2D eigenvalue weighted by molar-refractivity contribution is 7.89. The van der Waals surface area contributed by atoms with Crippen LogP contribution in [0.1, 0.15) is 13.3 Å². The predicted octanol–water partition coefficient (Wildman–Crippen LogP) is 2.28. The van der Waals surface area contributed by atoms with Crippen molar-refractivity contribution >= 4 is 20.9 Å². The average molecular weight is 320 g/mol. The normalized spacial score (nSPS) is 19.8. The number of hydrogen-bond donors (Lipinski definition) is 0. The first-order chi connectivity index (χ1) is 10.6. The van der Waals surface area contributed by atoms with Crippen LogP contribution in [-0.4, -0.2) is 44.0 Å². The molecule has 0 spiro atoms. The quantitative estimate of drug-likeness (QED) is 0.848. The molecule has 1 aliphatic heterocycles. The van der Waals surface area contributed by atoms with E-state index >= 15 is 0 Å². The van der Waals surface area contributed by atoms with Crippen LogP contribution in [-0.2, 0) is 14.8 Å². The van der Waals surface area contributed by atoms with Crippen LogP contribution in [0.15, 0.2) is 41.4 Å². The Kier molecular flexibility index (Phi) is 4.42. The predicted molar refractivity (Wildman–Crippen MR) is 85.1 cm³/mol. The van der Waals surface area contributed by atoms with Crippen molar-refractivity contribution in [2.45, 2.75) is 18.2 Å². The summed E-state index contributed by atoms with van der Waals surface area (Å²) in [5, 5.41) is 0.679. The zero-order valence-corrected chi connectivity index (χ0v) is 13.4. The standard InChI is InChI=1S/C16H20N2O3S/c1-2-21-12-13-8-10-18(11-13)22(19,20)16-7-3-6-15-14(16)5-4-9-17-15/h3-7,9,13H,2,8,10-12H2,1H3/t13-/m0/s1. The average Bonchev–Trinajstić information content (AvgIpc) is 3.02. The van der Waals surface area contributed by atoms with Crippen LogP contribution in [0.5, 0.6) is 0 Å². The van der Waals surface area contributed by atoms with Crippen LogP contribution in [0.3, 0.4) is 0 Å². The third-order valence-corrected chi connectivity index (χ3v) is 5.95. The van der Waals surface area contributed by atoms with Gasteiger partial charge in [-0.15, -0.1) is 0 Å². The lowest BCUT2D eigenvalue weighted by molar-refractivity contribution is 0.115. The lowest BCUT2D eigenvalue weighted by atomic mass is 10.1. The minimum absolute atomic E-state index is 0.280. The van der Waals surface area contributed by atoms with Crippen molar-refractivity contribution in [2.24, 2.45) is 5.92 Å². The summed E-state index contributed by atoms with van der Waals surface area (Å²) in [5.74, 6) is 0.280. The lowest BCUT2D eigenvalue weighted by Gasteiger charge is -2.17. The number of hydrogen-bond acceptors (Lipinski definition) is 4. The highest BCUT2D eigenvalue weighted by Gasteiger charge is 2.33. The highest BCUT2D eigenvalue weighted by atomic mass is 32.2. The van der Waals surface area contributed by atoms with Gasteiger partial charge in [-0.3, -0.25) is 4.98 Å². The van der Waals surface area contributed by atoms with E-state index < -0.39 is 10.0 Å². The molecule has 6 heteroatoms. The molecule has 1 aliphatic rings. The Balaban J connectivity index is 1.90. The second-order valence-corrected chi connectivity index (χ2v) is 7.41. The maximum absolute atomic E-state index is 12.9.